The van der Waals surface area contributed by atoms with Crippen molar-refractivity contribution < 1.29 is 14.3 Å². The second kappa shape index (κ2) is 9.81. The molecule has 0 spiro atoms. The van der Waals surface area contributed by atoms with Gasteiger partial charge < -0.3 is 19.7 Å². The van der Waals surface area contributed by atoms with Crippen molar-refractivity contribution in [2.45, 2.75) is 18.6 Å². The zero-order valence-corrected chi connectivity index (χ0v) is 19.1. The highest BCUT2D eigenvalue weighted by atomic mass is 16.5. The lowest BCUT2D eigenvalue weighted by Gasteiger charge is -2.44. The minimum absolute atomic E-state index is 0.115. The monoisotopic (exact) mass is 445 g/mol. The van der Waals surface area contributed by atoms with Crippen molar-refractivity contribution in [3.05, 3.63) is 72.3 Å². The number of methoxy groups -OCH3 is 1. The number of piperazine rings is 1. The second-order valence-corrected chi connectivity index (χ2v) is 8.73. The molecule has 2 aliphatic heterocycles. The molecule has 2 fully saturated rings. The van der Waals surface area contributed by atoms with E-state index in [-0.39, 0.29) is 18.1 Å². The average Bonchev–Trinajstić information content (AvgIpc) is 2.88. The van der Waals surface area contributed by atoms with Gasteiger partial charge in [0, 0.05) is 32.7 Å². The maximum atomic E-state index is 13.2. The second-order valence-electron chi connectivity index (χ2n) is 8.73. The molecule has 33 heavy (non-hydrogen) atoms. The number of hydrogen-bond donors (Lipinski definition) is 1. The summed E-state index contributed by atoms with van der Waals surface area (Å²) >= 11 is 0. The summed E-state index contributed by atoms with van der Waals surface area (Å²) < 4.78 is 11.7. The molecule has 0 aliphatic carbocycles. The predicted molar refractivity (Wildman–Crippen MR) is 131 cm³/mol. The summed E-state index contributed by atoms with van der Waals surface area (Å²) in [6, 6.07) is 22.2. The zero-order valence-electron chi connectivity index (χ0n) is 19.1. The SMILES string of the molecule is COc1ccccc1N1CCN(C2CNCC[C@H]2OC(=O)c2cccc3ccccc23)CC1. The van der Waals surface area contributed by atoms with E-state index in [9.17, 15) is 4.79 Å². The first-order valence-electron chi connectivity index (χ1n) is 11.8. The number of nitrogens with one attached hydrogen (secondary N) is 1. The number of carbonyl (C=O) groups excluding carboxylic acids is 1. The fraction of sp³-hybridized carbons (Fsp3) is 0.370. The van der Waals surface area contributed by atoms with E-state index in [0.717, 1.165) is 67.9 Å². The summed E-state index contributed by atoms with van der Waals surface area (Å²) in [5.41, 5.74) is 1.78. The van der Waals surface area contributed by atoms with Gasteiger partial charge in [-0.25, -0.2) is 4.79 Å². The fourth-order valence-electron chi connectivity index (χ4n) is 5.11. The lowest BCUT2D eigenvalue weighted by molar-refractivity contribution is -0.0139. The van der Waals surface area contributed by atoms with Crippen molar-refractivity contribution in [2.75, 3.05) is 51.3 Å². The summed E-state index contributed by atoms with van der Waals surface area (Å²) in [6.45, 7) is 5.38. The molecule has 6 nitrogen and oxygen atoms in total. The van der Waals surface area contributed by atoms with Gasteiger partial charge in [-0.2, -0.15) is 0 Å². The normalized spacial score (nSPS) is 21.7. The average molecular weight is 446 g/mol. The Kier molecular flexibility index (Phi) is 6.46. The molecular formula is C27H31N3O3. The first-order chi connectivity index (χ1) is 16.2. The fourth-order valence-corrected chi connectivity index (χ4v) is 5.11. The van der Waals surface area contributed by atoms with Gasteiger partial charge in [0.25, 0.3) is 0 Å². The highest BCUT2D eigenvalue weighted by Gasteiger charge is 2.35. The quantitative estimate of drug-likeness (QED) is 0.606. The topological polar surface area (TPSA) is 54.0 Å². The summed E-state index contributed by atoms with van der Waals surface area (Å²) in [7, 11) is 1.72. The molecule has 1 N–H and O–H groups in total. The molecule has 2 aliphatic rings. The lowest BCUT2D eigenvalue weighted by Crippen LogP contribution is -2.60. The number of benzene rings is 3. The Morgan fingerprint density at radius 1 is 0.939 bits per heavy atom. The van der Waals surface area contributed by atoms with E-state index in [1.807, 2.05) is 54.6 Å². The minimum Gasteiger partial charge on any atom is -0.495 e. The van der Waals surface area contributed by atoms with Gasteiger partial charge in [0.1, 0.15) is 11.9 Å². The predicted octanol–water partition coefficient (Wildman–Crippen LogP) is 3.56. The molecule has 0 radical (unpaired) electrons. The van der Waals surface area contributed by atoms with Crippen LogP contribution in [-0.2, 0) is 4.74 Å². The Labute approximate surface area is 195 Å². The number of fused-ring (bicyclic) bond motifs is 1. The van der Waals surface area contributed by atoms with Gasteiger partial charge in [-0.05, 0) is 41.9 Å². The first-order valence-corrected chi connectivity index (χ1v) is 11.8. The van der Waals surface area contributed by atoms with Gasteiger partial charge in [-0.1, -0.05) is 48.5 Å². The number of piperidine rings is 1. The molecule has 2 saturated heterocycles. The number of esters is 1. The first kappa shape index (κ1) is 21.7. The van der Waals surface area contributed by atoms with Crippen LogP contribution in [0.3, 0.4) is 0 Å². The van der Waals surface area contributed by atoms with Crippen molar-refractivity contribution in [1.82, 2.24) is 10.2 Å². The minimum atomic E-state index is -0.226. The van der Waals surface area contributed by atoms with Crippen molar-refractivity contribution in [1.29, 1.82) is 0 Å². The molecule has 6 heteroatoms. The van der Waals surface area contributed by atoms with Crippen LogP contribution in [0.1, 0.15) is 16.8 Å². The van der Waals surface area contributed by atoms with Gasteiger partial charge in [0.15, 0.2) is 0 Å². The van der Waals surface area contributed by atoms with Crippen molar-refractivity contribution in [3.63, 3.8) is 0 Å². The van der Waals surface area contributed by atoms with E-state index in [2.05, 4.69) is 27.2 Å². The Bertz CT molecular complexity index is 1110. The van der Waals surface area contributed by atoms with Crippen LogP contribution in [0, 0.1) is 0 Å². The smallest absolute Gasteiger partial charge is 0.339 e. The Morgan fingerprint density at radius 2 is 1.70 bits per heavy atom. The molecule has 3 aromatic carbocycles. The molecule has 5 rings (SSSR count). The molecule has 2 heterocycles. The number of ether oxygens (including phenoxy) is 2. The molecule has 3 aromatic rings. The van der Waals surface area contributed by atoms with E-state index in [1.54, 1.807) is 7.11 Å². The van der Waals surface area contributed by atoms with E-state index in [0.29, 0.717) is 5.56 Å². The summed E-state index contributed by atoms with van der Waals surface area (Å²) in [5, 5.41) is 5.50. The Hall–Kier alpha value is -3.09. The third kappa shape index (κ3) is 4.54. The van der Waals surface area contributed by atoms with Gasteiger partial charge >= 0.3 is 5.97 Å². The number of carbonyl (C=O) groups is 1. The Morgan fingerprint density at radius 3 is 2.55 bits per heavy atom. The van der Waals surface area contributed by atoms with Crippen LogP contribution in [0.2, 0.25) is 0 Å². The number of nitrogens with zero attached hydrogens (tertiary/aromatic N) is 2. The van der Waals surface area contributed by atoms with Crippen LogP contribution >= 0.6 is 0 Å². The number of rotatable bonds is 5. The standard InChI is InChI=1S/C27H31N3O3/c1-32-25-12-5-4-11-23(25)29-15-17-30(18-16-29)24-19-28-14-13-26(24)33-27(31)22-10-6-8-20-7-2-3-9-21(20)22/h2-12,24,26,28H,13-19H2,1H3/t24?,26-/m1/s1. The van der Waals surface area contributed by atoms with Crippen LogP contribution in [0.15, 0.2) is 66.7 Å². The van der Waals surface area contributed by atoms with E-state index < -0.39 is 0 Å². The third-order valence-corrected chi connectivity index (χ3v) is 6.87. The van der Waals surface area contributed by atoms with Crippen molar-refractivity contribution >= 4 is 22.4 Å². The van der Waals surface area contributed by atoms with Crippen LogP contribution in [0.25, 0.3) is 10.8 Å². The highest BCUT2D eigenvalue weighted by Crippen LogP contribution is 2.29. The van der Waals surface area contributed by atoms with Crippen molar-refractivity contribution in [3.8, 4) is 5.75 Å². The molecule has 1 unspecified atom stereocenters. The largest absolute Gasteiger partial charge is 0.495 e. The summed E-state index contributed by atoms with van der Waals surface area (Å²) in [5.74, 6) is 0.684. The van der Waals surface area contributed by atoms with Crippen molar-refractivity contribution in [2.24, 2.45) is 0 Å². The maximum absolute atomic E-state index is 13.2. The van der Waals surface area contributed by atoms with E-state index in [1.165, 1.54) is 0 Å². The van der Waals surface area contributed by atoms with E-state index in [4.69, 9.17) is 9.47 Å². The molecular weight excluding hydrogens is 414 g/mol. The molecule has 0 saturated carbocycles. The number of anilines is 1. The van der Waals surface area contributed by atoms with Crippen LogP contribution in [0.5, 0.6) is 5.75 Å². The Balaban J connectivity index is 1.27. The lowest BCUT2D eigenvalue weighted by atomic mass is 10.00. The zero-order chi connectivity index (χ0) is 22.6. The molecule has 0 bridgehead atoms. The third-order valence-electron chi connectivity index (χ3n) is 6.87. The van der Waals surface area contributed by atoms with Crippen LogP contribution in [-0.4, -0.2) is 69.4 Å². The van der Waals surface area contributed by atoms with Crippen LogP contribution in [0.4, 0.5) is 5.69 Å². The summed E-state index contributed by atoms with van der Waals surface area (Å²) in [4.78, 5) is 18.0. The van der Waals surface area contributed by atoms with Gasteiger partial charge in [-0.3, -0.25) is 4.90 Å². The number of para-hydroxylation sites is 2. The molecule has 0 aromatic heterocycles. The molecule has 0 amide bonds. The van der Waals surface area contributed by atoms with Gasteiger partial charge in [0.05, 0.1) is 24.4 Å². The highest BCUT2D eigenvalue weighted by molar-refractivity contribution is 6.04. The molecule has 172 valence electrons. The number of hydrogen-bond acceptors (Lipinski definition) is 6. The summed E-state index contributed by atoms with van der Waals surface area (Å²) in [6.07, 6.45) is 0.712. The van der Waals surface area contributed by atoms with E-state index >= 15 is 0 Å². The maximum Gasteiger partial charge on any atom is 0.339 e. The molecule has 2 atom stereocenters. The van der Waals surface area contributed by atoms with Gasteiger partial charge in [-0.15, -0.1) is 0 Å². The van der Waals surface area contributed by atoms with Crippen LogP contribution < -0.4 is 15.0 Å². The van der Waals surface area contributed by atoms with Gasteiger partial charge in [0.2, 0.25) is 0 Å².